The fourth-order valence-corrected chi connectivity index (χ4v) is 1.72. The molecule has 0 aliphatic carbocycles. The first-order chi connectivity index (χ1) is 8.67. The van der Waals surface area contributed by atoms with Crippen molar-refractivity contribution < 1.29 is 9.47 Å². The Labute approximate surface area is 109 Å². The third kappa shape index (κ3) is 4.77. The summed E-state index contributed by atoms with van der Waals surface area (Å²) in [4.78, 5) is 0. The first-order valence-corrected chi connectivity index (χ1v) is 6.32. The minimum absolute atomic E-state index is 0.552. The van der Waals surface area contributed by atoms with Gasteiger partial charge in [-0.2, -0.15) is 5.26 Å². The Kier molecular flexibility index (Phi) is 6.24. The van der Waals surface area contributed by atoms with Crippen LogP contribution in [0, 0.1) is 17.2 Å². The summed E-state index contributed by atoms with van der Waals surface area (Å²) in [6.07, 6.45) is 2.27. The first kappa shape index (κ1) is 14.5. The summed E-state index contributed by atoms with van der Waals surface area (Å²) in [7, 11) is 1.57. The predicted molar refractivity (Wildman–Crippen MR) is 71.4 cm³/mol. The third-order valence-electron chi connectivity index (χ3n) is 2.72. The van der Waals surface area contributed by atoms with E-state index in [-0.39, 0.29) is 0 Å². The summed E-state index contributed by atoms with van der Waals surface area (Å²) in [5.41, 5.74) is 1.57. The van der Waals surface area contributed by atoms with Gasteiger partial charge in [0.2, 0.25) is 0 Å². The molecule has 3 heteroatoms. The summed E-state index contributed by atoms with van der Waals surface area (Å²) >= 11 is 0. The number of benzene rings is 1. The van der Waals surface area contributed by atoms with Crippen molar-refractivity contribution in [3.63, 3.8) is 0 Å². The molecule has 0 radical (unpaired) electrons. The third-order valence-corrected chi connectivity index (χ3v) is 2.72. The SMILES string of the molecule is COc1ccc(COCCCC(C)C)cc1C#N. The minimum atomic E-state index is 0.552. The summed E-state index contributed by atoms with van der Waals surface area (Å²) in [5, 5.41) is 8.97. The van der Waals surface area contributed by atoms with E-state index in [4.69, 9.17) is 14.7 Å². The molecule has 1 aromatic rings. The average molecular weight is 247 g/mol. The van der Waals surface area contributed by atoms with Crippen LogP contribution in [0.15, 0.2) is 18.2 Å². The molecule has 0 N–H and O–H groups in total. The highest BCUT2D eigenvalue weighted by Crippen LogP contribution is 2.19. The molecule has 98 valence electrons. The van der Waals surface area contributed by atoms with Crippen molar-refractivity contribution in [3.05, 3.63) is 29.3 Å². The molecule has 0 bridgehead atoms. The van der Waals surface area contributed by atoms with Gasteiger partial charge in [0.25, 0.3) is 0 Å². The molecule has 0 unspecified atom stereocenters. The fourth-order valence-electron chi connectivity index (χ4n) is 1.72. The van der Waals surface area contributed by atoms with Crippen molar-refractivity contribution in [1.82, 2.24) is 0 Å². The van der Waals surface area contributed by atoms with Gasteiger partial charge in [-0.1, -0.05) is 19.9 Å². The second kappa shape index (κ2) is 7.73. The Morgan fingerprint density at radius 1 is 1.33 bits per heavy atom. The Morgan fingerprint density at radius 3 is 2.72 bits per heavy atom. The minimum Gasteiger partial charge on any atom is -0.495 e. The van der Waals surface area contributed by atoms with Crippen molar-refractivity contribution in [2.45, 2.75) is 33.3 Å². The normalized spacial score (nSPS) is 10.4. The molecule has 18 heavy (non-hydrogen) atoms. The number of nitriles is 1. The lowest BCUT2D eigenvalue weighted by molar-refractivity contribution is 0.115. The van der Waals surface area contributed by atoms with E-state index in [0.29, 0.717) is 17.9 Å². The van der Waals surface area contributed by atoms with Gasteiger partial charge in [-0.15, -0.1) is 0 Å². The number of hydrogen-bond donors (Lipinski definition) is 0. The predicted octanol–water partition coefficient (Wildman–Crippen LogP) is 3.52. The van der Waals surface area contributed by atoms with Gasteiger partial charge in [0, 0.05) is 6.61 Å². The van der Waals surface area contributed by atoms with Crippen LogP contribution in [0.3, 0.4) is 0 Å². The largest absolute Gasteiger partial charge is 0.495 e. The monoisotopic (exact) mass is 247 g/mol. The van der Waals surface area contributed by atoms with Crippen LogP contribution in [-0.4, -0.2) is 13.7 Å². The van der Waals surface area contributed by atoms with E-state index in [0.717, 1.165) is 24.5 Å². The molecule has 1 rings (SSSR count). The molecule has 3 nitrogen and oxygen atoms in total. The maximum Gasteiger partial charge on any atom is 0.136 e. The van der Waals surface area contributed by atoms with E-state index >= 15 is 0 Å². The Balaban J connectivity index is 2.41. The zero-order valence-electron chi connectivity index (χ0n) is 11.4. The molecule has 0 spiro atoms. The number of ether oxygens (including phenoxy) is 2. The van der Waals surface area contributed by atoms with Crippen LogP contribution in [-0.2, 0) is 11.3 Å². The molecule has 0 atom stereocenters. The van der Waals surface area contributed by atoms with Gasteiger partial charge in [0.1, 0.15) is 11.8 Å². The van der Waals surface area contributed by atoms with E-state index in [1.807, 2.05) is 18.2 Å². The summed E-state index contributed by atoms with van der Waals surface area (Å²) in [5.74, 6) is 1.33. The standard InChI is InChI=1S/C15H21NO2/c1-12(2)5-4-8-18-11-13-6-7-15(17-3)14(9-13)10-16/h6-7,9,12H,4-5,8,11H2,1-3H3. The van der Waals surface area contributed by atoms with E-state index in [9.17, 15) is 0 Å². The molecule has 1 aromatic carbocycles. The average Bonchev–Trinajstić information content (AvgIpc) is 2.37. The van der Waals surface area contributed by atoms with E-state index in [2.05, 4.69) is 19.9 Å². The summed E-state index contributed by atoms with van der Waals surface area (Å²) in [6.45, 7) is 5.74. The Bertz CT molecular complexity index is 407. The van der Waals surface area contributed by atoms with Gasteiger partial charge >= 0.3 is 0 Å². The lowest BCUT2D eigenvalue weighted by atomic mass is 10.1. The van der Waals surface area contributed by atoms with Crippen LogP contribution in [0.2, 0.25) is 0 Å². The van der Waals surface area contributed by atoms with Crippen LogP contribution >= 0.6 is 0 Å². The van der Waals surface area contributed by atoms with Crippen LogP contribution in [0.5, 0.6) is 5.75 Å². The lowest BCUT2D eigenvalue weighted by Gasteiger charge is -2.08. The zero-order chi connectivity index (χ0) is 13.4. The number of methoxy groups -OCH3 is 1. The molecule has 0 aliphatic rings. The highest BCUT2D eigenvalue weighted by atomic mass is 16.5. The molecule has 0 amide bonds. The van der Waals surface area contributed by atoms with E-state index in [1.165, 1.54) is 6.42 Å². The van der Waals surface area contributed by atoms with Crippen molar-refractivity contribution in [3.8, 4) is 11.8 Å². The highest BCUT2D eigenvalue weighted by Gasteiger charge is 2.03. The van der Waals surface area contributed by atoms with Gasteiger partial charge < -0.3 is 9.47 Å². The molecule has 0 aliphatic heterocycles. The van der Waals surface area contributed by atoms with Crippen molar-refractivity contribution in [2.75, 3.05) is 13.7 Å². The maximum atomic E-state index is 8.97. The number of rotatable bonds is 7. The highest BCUT2D eigenvalue weighted by molar-refractivity contribution is 5.45. The quantitative estimate of drug-likeness (QED) is 0.692. The molecule has 0 fully saturated rings. The van der Waals surface area contributed by atoms with Crippen LogP contribution in [0.4, 0.5) is 0 Å². The second-order valence-electron chi connectivity index (χ2n) is 4.74. The second-order valence-corrected chi connectivity index (χ2v) is 4.74. The molecule has 0 saturated carbocycles. The number of nitrogens with zero attached hydrogens (tertiary/aromatic N) is 1. The van der Waals surface area contributed by atoms with Crippen LogP contribution in [0.1, 0.15) is 37.8 Å². The Hall–Kier alpha value is -1.53. The molecule has 0 heterocycles. The van der Waals surface area contributed by atoms with Gasteiger partial charge in [-0.25, -0.2) is 0 Å². The van der Waals surface area contributed by atoms with Gasteiger partial charge in [0.15, 0.2) is 0 Å². The summed E-state index contributed by atoms with van der Waals surface area (Å²) in [6, 6.07) is 7.69. The van der Waals surface area contributed by atoms with E-state index < -0.39 is 0 Å². The smallest absolute Gasteiger partial charge is 0.136 e. The molecule has 0 aromatic heterocycles. The Morgan fingerprint density at radius 2 is 2.11 bits per heavy atom. The van der Waals surface area contributed by atoms with E-state index in [1.54, 1.807) is 7.11 Å². The van der Waals surface area contributed by atoms with Crippen molar-refractivity contribution >= 4 is 0 Å². The molecular weight excluding hydrogens is 226 g/mol. The zero-order valence-corrected chi connectivity index (χ0v) is 11.4. The van der Waals surface area contributed by atoms with Crippen molar-refractivity contribution in [2.24, 2.45) is 5.92 Å². The topological polar surface area (TPSA) is 42.2 Å². The van der Waals surface area contributed by atoms with Crippen LogP contribution < -0.4 is 4.74 Å². The van der Waals surface area contributed by atoms with Gasteiger partial charge in [-0.3, -0.25) is 0 Å². The van der Waals surface area contributed by atoms with Gasteiger partial charge in [-0.05, 0) is 36.5 Å². The van der Waals surface area contributed by atoms with Crippen molar-refractivity contribution in [1.29, 1.82) is 5.26 Å². The summed E-state index contributed by atoms with van der Waals surface area (Å²) < 4.78 is 10.7. The van der Waals surface area contributed by atoms with Gasteiger partial charge in [0.05, 0.1) is 19.3 Å². The number of hydrogen-bond acceptors (Lipinski definition) is 3. The fraction of sp³-hybridized carbons (Fsp3) is 0.533. The molecule has 0 saturated heterocycles. The molecular formula is C15H21NO2. The maximum absolute atomic E-state index is 8.97. The lowest BCUT2D eigenvalue weighted by Crippen LogP contribution is -1.98. The van der Waals surface area contributed by atoms with Crippen LogP contribution in [0.25, 0.3) is 0 Å². The first-order valence-electron chi connectivity index (χ1n) is 6.32.